The molecule has 178 valence electrons. The average molecular weight is 458 g/mol. The highest BCUT2D eigenvalue weighted by Crippen LogP contribution is 2.23. The van der Waals surface area contributed by atoms with Gasteiger partial charge in [0.15, 0.2) is 0 Å². The number of halogens is 3. The maximum absolute atomic E-state index is 13.0. The number of alkyl halides is 3. The molecule has 11 heteroatoms. The van der Waals surface area contributed by atoms with Gasteiger partial charge in [0.25, 0.3) is 0 Å². The normalized spacial score (nSPS) is 24.7. The third kappa shape index (κ3) is 6.57. The fourth-order valence-corrected chi connectivity index (χ4v) is 3.81. The summed E-state index contributed by atoms with van der Waals surface area (Å²) < 4.78 is 46.8. The molecular weight excluding hydrogens is 429 g/mol. The van der Waals surface area contributed by atoms with Gasteiger partial charge in [-0.25, -0.2) is 5.43 Å². The average Bonchev–Trinajstić information content (AvgIpc) is 3.06. The molecule has 2 aliphatic heterocycles. The minimum absolute atomic E-state index is 0.0209. The molecule has 2 saturated heterocycles. The van der Waals surface area contributed by atoms with Crippen LogP contribution in [0.15, 0.2) is 24.3 Å². The van der Waals surface area contributed by atoms with Crippen molar-refractivity contribution in [3.05, 3.63) is 29.8 Å². The lowest BCUT2D eigenvalue weighted by Crippen LogP contribution is -2.49. The Bertz CT molecular complexity index is 803. The van der Waals surface area contributed by atoms with E-state index in [1.165, 1.54) is 29.2 Å². The Morgan fingerprint density at radius 1 is 1.19 bits per heavy atom. The predicted molar refractivity (Wildman–Crippen MR) is 109 cm³/mol. The first kappa shape index (κ1) is 24.3. The molecule has 3 rings (SSSR count). The Morgan fingerprint density at radius 2 is 1.88 bits per heavy atom. The van der Waals surface area contributed by atoms with E-state index in [0.717, 1.165) is 0 Å². The molecule has 0 bridgehead atoms. The molecule has 2 aliphatic rings. The summed E-state index contributed by atoms with van der Waals surface area (Å²) in [7, 11) is 0. The van der Waals surface area contributed by atoms with Crippen LogP contribution < -0.4 is 15.6 Å². The lowest BCUT2D eigenvalue weighted by Gasteiger charge is -2.27. The van der Waals surface area contributed by atoms with Crippen LogP contribution in [0.5, 0.6) is 5.75 Å². The van der Waals surface area contributed by atoms with Crippen molar-refractivity contribution >= 4 is 11.8 Å². The first-order chi connectivity index (χ1) is 15.0. The fraction of sp³-hybridized carbons (Fsp3) is 0.619. The van der Waals surface area contributed by atoms with Crippen molar-refractivity contribution < 1.29 is 32.2 Å². The summed E-state index contributed by atoms with van der Waals surface area (Å²) in [5, 5.41) is 0. The number of benzene rings is 1. The summed E-state index contributed by atoms with van der Waals surface area (Å²) in [6.45, 7) is 6.43. The Kier molecular flexibility index (Phi) is 7.63. The number of nitrogens with one attached hydrogen (secondary N) is 2. The highest BCUT2D eigenvalue weighted by molar-refractivity contribution is 5.88. The van der Waals surface area contributed by atoms with Crippen LogP contribution >= 0.6 is 0 Å². The number of carbonyl (C=O) groups is 2. The number of rotatable bonds is 6. The second-order valence-electron chi connectivity index (χ2n) is 8.46. The maximum Gasteiger partial charge on any atom is 0.573 e. The highest BCUT2D eigenvalue weighted by Gasteiger charge is 2.36. The Labute approximate surface area is 185 Å². The summed E-state index contributed by atoms with van der Waals surface area (Å²) >= 11 is 0. The predicted octanol–water partition coefficient (Wildman–Crippen LogP) is 1.80. The summed E-state index contributed by atoms with van der Waals surface area (Å²) in [5.74, 6) is -0.619. The van der Waals surface area contributed by atoms with Crippen molar-refractivity contribution in [1.82, 2.24) is 20.7 Å². The molecule has 0 aliphatic carbocycles. The monoisotopic (exact) mass is 458 g/mol. The second-order valence-corrected chi connectivity index (χ2v) is 8.46. The number of hydrazine groups is 1. The van der Waals surface area contributed by atoms with Gasteiger partial charge in [-0.15, -0.1) is 13.2 Å². The van der Waals surface area contributed by atoms with Crippen LogP contribution in [0.2, 0.25) is 0 Å². The summed E-state index contributed by atoms with van der Waals surface area (Å²) in [4.78, 5) is 28.9. The van der Waals surface area contributed by atoms with Crippen molar-refractivity contribution in [3.8, 4) is 5.75 Å². The number of ether oxygens (including phenoxy) is 2. The molecule has 1 aromatic carbocycles. The second kappa shape index (κ2) is 10.1. The number of hydrogen-bond acceptors (Lipinski definition) is 6. The van der Waals surface area contributed by atoms with Crippen molar-refractivity contribution in [2.75, 3.05) is 19.6 Å². The zero-order valence-electron chi connectivity index (χ0n) is 18.3. The molecule has 0 spiro atoms. The van der Waals surface area contributed by atoms with Crippen molar-refractivity contribution in [2.45, 2.75) is 64.4 Å². The van der Waals surface area contributed by atoms with E-state index in [1.54, 1.807) is 4.90 Å². The van der Waals surface area contributed by atoms with Crippen LogP contribution in [-0.4, -0.2) is 71.8 Å². The Balaban J connectivity index is 1.66. The lowest BCUT2D eigenvalue weighted by atomic mass is 10.1. The van der Waals surface area contributed by atoms with Crippen molar-refractivity contribution in [3.63, 3.8) is 0 Å². The molecule has 1 aromatic rings. The quantitative estimate of drug-likeness (QED) is 0.677. The molecule has 2 amide bonds. The highest BCUT2D eigenvalue weighted by atomic mass is 19.4. The summed E-state index contributed by atoms with van der Waals surface area (Å²) in [6, 6.07) is 5.09. The van der Waals surface area contributed by atoms with Crippen LogP contribution in [0.1, 0.15) is 32.8 Å². The van der Waals surface area contributed by atoms with Gasteiger partial charge in [0, 0.05) is 25.2 Å². The first-order valence-corrected chi connectivity index (χ1v) is 10.6. The number of carbonyl (C=O) groups excluding carboxylic acids is 2. The molecule has 0 saturated carbocycles. The van der Waals surface area contributed by atoms with E-state index < -0.39 is 18.5 Å². The zero-order chi connectivity index (χ0) is 23.5. The molecule has 2 heterocycles. The Morgan fingerprint density at radius 3 is 2.44 bits per heavy atom. The van der Waals surface area contributed by atoms with Gasteiger partial charge in [0.05, 0.1) is 19.3 Å². The van der Waals surface area contributed by atoms with Gasteiger partial charge >= 0.3 is 6.36 Å². The smallest absolute Gasteiger partial charge is 0.406 e. The van der Waals surface area contributed by atoms with Gasteiger partial charge in [-0.05, 0) is 44.9 Å². The van der Waals surface area contributed by atoms with E-state index in [-0.39, 0.29) is 49.3 Å². The van der Waals surface area contributed by atoms with E-state index in [0.29, 0.717) is 18.5 Å². The molecule has 3 atom stereocenters. The van der Waals surface area contributed by atoms with Crippen LogP contribution in [0.4, 0.5) is 13.2 Å². The molecule has 2 N–H and O–H groups in total. The topological polar surface area (TPSA) is 83.1 Å². The van der Waals surface area contributed by atoms with Gasteiger partial charge in [-0.3, -0.25) is 15.0 Å². The summed E-state index contributed by atoms with van der Waals surface area (Å²) in [5.41, 5.74) is 6.64. The molecule has 0 radical (unpaired) electrons. The van der Waals surface area contributed by atoms with Crippen LogP contribution in [0.25, 0.3) is 0 Å². The van der Waals surface area contributed by atoms with E-state index in [4.69, 9.17) is 4.74 Å². The molecule has 8 nitrogen and oxygen atoms in total. The maximum atomic E-state index is 13.0. The number of amides is 2. The molecule has 2 fully saturated rings. The standard InChI is InChI=1S/C21H29F3N4O4/c1-13(2)28-10-17(31-12-15-4-6-16(7-5-15)32-21(22,23)24)9-27(11-19(28)29)20(30)18-8-14(3)25-26-18/h4-7,13-14,17-18,25-26H,8-12H2,1-3H3. The zero-order valence-corrected chi connectivity index (χ0v) is 18.3. The molecular formula is C21H29F3N4O4. The van der Waals surface area contributed by atoms with Crippen LogP contribution in [-0.2, 0) is 20.9 Å². The van der Waals surface area contributed by atoms with Gasteiger partial charge in [-0.2, -0.15) is 0 Å². The number of nitrogens with zero attached hydrogens (tertiary/aromatic N) is 2. The lowest BCUT2D eigenvalue weighted by molar-refractivity contribution is -0.274. The molecule has 3 unspecified atom stereocenters. The van der Waals surface area contributed by atoms with Gasteiger partial charge in [0.2, 0.25) is 11.8 Å². The first-order valence-electron chi connectivity index (χ1n) is 10.6. The van der Waals surface area contributed by atoms with Gasteiger partial charge < -0.3 is 19.3 Å². The van der Waals surface area contributed by atoms with E-state index in [1.807, 2.05) is 20.8 Å². The van der Waals surface area contributed by atoms with Crippen molar-refractivity contribution in [1.29, 1.82) is 0 Å². The van der Waals surface area contributed by atoms with E-state index in [2.05, 4.69) is 15.6 Å². The van der Waals surface area contributed by atoms with Crippen molar-refractivity contribution in [2.24, 2.45) is 0 Å². The molecule has 32 heavy (non-hydrogen) atoms. The third-order valence-corrected chi connectivity index (χ3v) is 5.44. The van der Waals surface area contributed by atoms with E-state index >= 15 is 0 Å². The SMILES string of the molecule is CC1CC(C(=O)N2CC(=O)N(C(C)C)CC(OCc3ccc(OC(F)(F)F)cc3)C2)NN1. The minimum atomic E-state index is -4.75. The Hall–Kier alpha value is -2.37. The number of hydrogen-bond donors (Lipinski definition) is 2. The van der Waals surface area contributed by atoms with Gasteiger partial charge in [-0.1, -0.05) is 12.1 Å². The van der Waals surface area contributed by atoms with Crippen LogP contribution in [0.3, 0.4) is 0 Å². The minimum Gasteiger partial charge on any atom is -0.406 e. The largest absolute Gasteiger partial charge is 0.573 e. The van der Waals surface area contributed by atoms with Crippen LogP contribution in [0, 0.1) is 0 Å². The molecule has 0 aromatic heterocycles. The summed E-state index contributed by atoms with van der Waals surface area (Å²) in [6.07, 6.45) is -4.57. The third-order valence-electron chi connectivity index (χ3n) is 5.44. The van der Waals surface area contributed by atoms with E-state index in [9.17, 15) is 22.8 Å². The fourth-order valence-electron chi connectivity index (χ4n) is 3.81. The van der Waals surface area contributed by atoms with Gasteiger partial charge in [0.1, 0.15) is 11.8 Å².